The third-order valence-corrected chi connectivity index (χ3v) is 5.63. The van der Waals surface area contributed by atoms with Crippen LogP contribution in [0.25, 0.3) is 10.2 Å². The Balaban J connectivity index is 1.75. The zero-order chi connectivity index (χ0) is 19.6. The van der Waals surface area contributed by atoms with Gasteiger partial charge in [0.25, 0.3) is 5.56 Å². The summed E-state index contributed by atoms with van der Waals surface area (Å²) in [6.07, 6.45) is 0.625. The highest BCUT2D eigenvalue weighted by Gasteiger charge is 2.13. The van der Waals surface area contributed by atoms with Crippen LogP contribution in [0.5, 0.6) is 0 Å². The second-order valence-electron chi connectivity index (χ2n) is 6.23. The van der Waals surface area contributed by atoms with E-state index >= 15 is 0 Å². The van der Waals surface area contributed by atoms with Crippen LogP contribution in [0.4, 0.5) is 0 Å². The highest BCUT2D eigenvalue weighted by molar-refractivity contribution is 7.16. The van der Waals surface area contributed by atoms with Crippen molar-refractivity contribution in [1.29, 1.82) is 5.26 Å². The van der Waals surface area contributed by atoms with Gasteiger partial charge in [-0.3, -0.25) is 9.59 Å². The minimum Gasteiger partial charge on any atom is -0.325 e. The first kappa shape index (κ1) is 18.6. The highest BCUT2D eigenvalue weighted by Crippen LogP contribution is 2.16. The molecule has 27 heavy (non-hydrogen) atoms. The fourth-order valence-electron chi connectivity index (χ4n) is 3.01. The van der Waals surface area contributed by atoms with E-state index in [1.54, 1.807) is 13.8 Å². The van der Waals surface area contributed by atoms with Gasteiger partial charge in [0.2, 0.25) is 10.7 Å². The van der Waals surface area contributed by atoms with E-state index in [9.17, 15) is 9.59 Å². The zero-order valence-electron chi connectivity index (χ0n) is 15.3. The van der Waals surface area contributed by atoms with Gasteiger partial charge in [0.05, 0.1) is 10.2 Å². The number of nitrogens with one attached hydrogen (secondary N) is 2. The molecule has 0 aliphatic heterocycles. The molecule has 2 heterocycles. The van der Waals surface area contributed by atoms with Crippen LogP contribution in [0.1, 0.15) is 28.8 Å². The Hall–Kier alpha value is -3.18. The molecule has 0 fully saturated rings. The Morgan fingerprint density at radius 1 is 1.37 bits per heavy atom. The van der Waals surface area contributed by atoms with E-state index in [2.05, 4.69) is 15.5 Å². The number of pyridine rings is 1. The largest absolute Gasteiger partial charge is 0.325 e. The summed E-state index contributed by atoms with van der Waals surface area (Å²) in [6.45, 7) is 3.50. The van der Waals surface area contributed by atoms with Crippen LogP contribution in [-0.2, 0) is 18.3 Å². The molecule has 1 amide bonds. The molecule has 0 spiro atoms. The van der Waals surface area contributed by atoms with Gasteiger partial charge in [0, 0.05) is 19.2 Å². The maximum absolute atomic E-state index is 12.2. The van der Waals surface area contributed by atoms with Crippen molar-refractivity contribution in [3.8, 4) is 6.07 Å². The molecule has 0 radical (unpaired) electrons. The first-order valence-corrected chi connectivity index (χ1v) is 9.23. The molecule has 0 unspecified atom stereocenters. The molecule has 2 N–H and O–H groups in total. The van der Waals surface area contributed by atoms with Crippen molar-refractivity contribution in [2.24, 2.45) is 12.1 Å². The fraction of sp³-hybridized carbons (Fsp3) is 0.263. The Labute approximate surface area is 159 Å². The summed E-state index contributed by atoms with van der Waals surface area (Å²) in [5, 5.41) is 13.3. The fourth-order valence-corrected chi connectivity index (χ4v) is 3.99. The predicted molar refractivity (Wildman–Crippen MR) is 104 cm³/mol. The number of thiazole rings is 1. The van der Waals surface area contributed by atoms with E-state index in [-0.39, 0.29) is 17.9 Å². The number of carbonyl (C=O) groups is 1. The molecule has 0 bridgehead atoms. The van der Waals surface area contributed by atoms with Crippen molar-refractivity contribution < 1.29 is 4.79 Å². The van der Waals surface area contributed by atoms with Gasteiger partial charge in [-0.2, -0.15) is 5.26 Å². The van der Waals surface area contributed by atoms with Crippen LogP contribution in [0.15, 0.2) is 34.2 Å². The van der Waals surface area contributed by atoms with Crippen LogP contribution in [0.2, 0.25) is 0 Å². The molecular weight excluding hydrogens is 362 g/mol. The van der Waals surface area contributed by atoms with Gasteiger partial charge in [0.15, 0.2) is 0 Å². The molecule has 3 rings (SSSR count). The Kier molecular flexibility index (Phi) is 5.23. The molecular formula is C19H19N5O2S. The molecule has 1 aromatic carbocycles. The zero-order valence-corrected chi connectivity index (χ0v) is 16.1. The van der Waals surface area contributed by atoms with Crippen molar-refractivity contribution in [3.05, 3.63) is 61.8 Å². The molecule has 2 aromatic heterocycles. The number of rotatable bonds is 4. The number of aryl methyl sites for hydroxylation is 2. The van der Waals surface area contributed by atoms with E-state index in [4.69, 9.17) is 5.26 Å². The number of para-hydroxylation sites is 1. The molecule has 3 aromatic rings. The number of fused-ring (bicyclic) bond motifs is 1. The van der Waals surface area contributed by atoms with E-state index in [0.717, 1.165) is 15.8 Å². The molecule has 138 valence electrons. The van der Waals surface area contributed by atoms with Gasteiger partial charge in [-0.25, -0.2) is 5.43 Å². The third kappa shape index (κ3) is 3.68. The molecule has 8 heteroatoms. The Bertz CT molecular complexity index is 1190. The van der Waals surface area contributed by atoms with Crippen LogP contribution in [-0.4, -0.2) is 15.5 Å². The van der Waals surface area contributed by atoms with E-state index in [1.165, 1.54) is 11.3 Å². The van der Waals surface area contributed by atoms with Gasteiger partial charge in [-0.05, 0) is 43.5 Å². The minimum absolute atomic E-state index is 0.0954. The first-order valence-electron chi connectivity index (χ1n) is 8.42. The van der Waals surface area contributed by atoms with Crippen molar-refractivity contribution >= 4 is 27.5 Å². The number of H-pyrrole nitrogens is 1. The molecule has 0 aliphatic carbocycles. The van der Waals surface area contributed by atoms with E-state index in [0.29, 0.717) is 22.5 Å². The number of amides is 1. The maximum Gasteiger partial charge on any atom is 0.266 e. The molecule has 0 saturated heterocycles. The average Bonchev–Trinajstić information content (AvgIpc) is 2.96. The average molecular weight is 381 g/mol. The molecule has 7 nitrogen and oxygen atoms in total. The summed E-state index contributed by atoms with van der Waals surface area (Å²) in [6, 6.07) is 9.85. The van der Waals surface area contributed by atoms with E-state index < -0.39 is 5.56 Å². The second kappa shape index (κ2) is 7.60. The summed E-state index contributed by atoms with van der Waals surface area (Å²) in [7, 11) is 1.90. The lowest BCUT2D eigenvalue weighted by molar-refractivity contribution is -0.121. The standard InChI is InChI=1S/C19H19N5O2S/c1-11-13(12(2)21-18(26)14(11)10-20)8-9-17(25)22-23-19-24(3)15-6-4-5-7-16(15)27-19/h4-7H,8-9H2,1-3H3,(H,21,26)(H,22,25). The highest BCUT2D eigenvalue weighted by atomic mass is 32.1. The normalized spacial score (nSPS) is 11.6. The minimum atomic E-state index is -0.395. The lowest BCUT2D eigenvalue weighted by Crippen LogP contribution is -2.24. The molecule has 0 saturated carbocycles. The number of hydrogen-bond donors (Lipinski definition) is 2. The Morgan fingerprint density at radius 3 is 2.81 bits per heavy atom. The summed E-state index contributed by atoms with van der Waals surface area (Å²) < 4.78 is 3.02. The Morgan fingerprint density at radius 2 is 2.11 bits per heavy atom. The van der Waals surface area contributed by atoms with Crippen molar-refractivity contribution in [3.63, 3.8) is 0 Å². The van der Waals surface area contributed by atoms with Gasteiger partial charge in [-0.1, -0.05) is 23.5 Å². The number of nitrogens with zero attached hydrogens (tertiary/aromatic N) is 3. The topological polar surface area (TPSA) is 103 Å². The number of aromatic nitrogens is 2. The van der Waals surface area contributed by atoms with Gasteiger partial charge >= 0.3 is 0 Å². The van der Waals surface area contributed by atoms with Crippen molar-refractivity contribution in [2.45, 2.75) is 26.7 Å². The maximum atomic E-state index is 12.2. The number of benzene rings is 1. The van der Waals surface area contributed by atoms with Gasteiger partial charge in [-0.15, -0.1) is 5.10 Å². The lowest BCUT2D eigenvalue weighted by Gasteiger charge is -2.10. The number of carbonyl (C=O) groups excluding carboxylic acids is 1. The van der Waals surface area contributed by atoms with Crippen LogP contribution >= 0.6 is 11.3 Å². The lowest BCUT2D eigenvalue weighted by atomic mass is 9.99. The number of aromatic amines is 1. The van der Waals surface area contributed by atoms with E-state index in [1.807, 2.05) is 41.9 Å². The summed E-state index contributed by atoms with van der Waals surface area (Å²) >= 11 is 1.50. The van der Waals surface area contributed by atoms with Crippen molar-refractivity contribution in [1.82, 2.24) is 15.0 Å². The SMILES string of the molecule is Cc1[nH]c(=O)c(C#N)c(C)c1CCC(=O)NN=c1sc2ccccc2n1C. The quantitative estimate of drug-likeness (QED) is 0.675. The van der Waals surface area contributed by atoms with Crippen LogP contribution < -0.4 is 15.8 Å². The third-order valence-electron chi connectivity index (χ3n) is 4.51. The number of nitriles is 1. The predicted octanol–water partition coefficient (Wildman–Crippen LogP) is 1.98. The van der Waals surface area contributed by atoms with Crippen molar-refractivity contribution in [2.75, 3.05) is 0 Å². The van der Waals surface area contributed by atoms with Crippen LogP contribution in [0.3, 0.4) is 0 Å². The van der Waals surface area contributed by atoms with Gasteiger partial charge in [0.1, 0.15) is 11.6 Å². The monoisotopic (exact) mass is 381 g/mol. The van der Waals surface area contributed by atoms with Gasteiger partial charge < -0.3 is 9.55 Å². The summed E-state index contributed by atoms with van der Waals surface area (Å²) in [5.41, 5.74) is 5.46. The molecule has 0 atom stereocenters. The van der Waals surface area contributed by atoms with Crippen LogP contribution in [0, 0.1) is 25.2 Å². The summed E-state index contributed by atoms with van der Waals surface area (Å²) in [5.74, 6) is -0.226. The number of hydrogen-bond acceptors (Lipinski definition) is 5. The summed E-state index contributed by atoms with van der Waals surface area (Å²) in [4.78, 5) is 27.4. The second-order valence-corrected chi connectivity index (χ2v) is 7.24. The first-order chi connectivity index (χ1) is 12.9. The molecule has 0 aliphatic rings. The smallest absolute Gasteiger partial charge is 0.266 e.